The second kappa shape index (κ2) is 4.32. The van der Waals surface area contributed by atoms with Crippen LogP contribution in [-0.2, 0) is 9.31 Å². The molecule has 102 valence electrons. The lowest BCUT2D eigenvalue weighted by molar-refractivity contribution is 0.00578. The van der Waals surface area contributed by atoms with Crippen LogP contribution in [-0.4, -0.2) is 23.3 Å². The summed E-state index contributed by atoms with van der Waals surface area (Å²) < 4.78 is 12.0. The van der Waals surface area contributed by atoms with Crippen molar-refractivity contribution in [1.29, 1.82) is 0 Å². The molecule has 0 radical (unpaired) electrons. The molecular formula is C15H22BNO2. The Labute approximate surface area is 115 Å². The SMILES string of the molecule is CC1(C)OB(c2ccc(C3CCC3)cn2)OC1(C)C. The predicted octanol–water partition coefficient (Wildman–Crippen LogP) is 2.65. The lowest BCUT2D eigenvalue weighted by Crippen LogP contribution is -2.41. The summed E-state index contributed by atoms with van der Waals surface area (Å²) in [6.45, 7) is 8.26. The van der Waals surface area contributed by atoms with Gasteiger partial charge in [-0.25, -0.2) is 0 Å². The van der Waals surface area contributed by atoms with E-state index in [1.807, 2.05) is 6.20 Å². The second-order valence-corrected chi connectivity index (χ2v) is 6.73. The lowest BCUT2D eigenvalue weighted by atomic mass is 9.79. The number of aromatic nitrogens is 1. The molecule has 1 aliphatic heterocycles. The van der Waals surface area contributed by atoms with E-state index < -0.39 is 0 Å². The minimum absolute atomic E-state index is 0.300. The maximum atomic E-state index is 6.01. The smallest absolute Gasteiger partial charge is 0.398 e. The van der Waals surface area contributed by atoms with Crippen LogP contribution in [0.1, 0.15) is 58.4 Å². The molecule has 1 aliphatic carbocycles. The molecule has 0 spiro atoms. The van der Waals surface area contributed by atoms with Gasteiger partial charge in [-0.05, 0) is 58.1 Å². The molecule has 4 heteroatoms. The van der Waals surface area contributed by atoms with Gasteiger partial charge in [0.2, 0.25) is 0 Å². The second-order valence-electron chi connectivity index (χ2n) is 6.73. The highest BCUT2D eigenvalue weighted by atomic mass is 16.7. The van der Waals surface area contributed by atoms with Gasteiger partial charge in [0.25, 0.3) is 0 Å². The number of pyridine rings is 1. The third-order valence-corrected chi connectivity index (χ3v) is 4.88. The van der Waals surface area contributed by atoms with Gasteiger partial charge in [0.05, 0.1) is 16.8 Å². The van der Waals surface area contributed by atoms with E-state index in [2.05, 4.69) is 44.8 Å². The molecule has 1 aromatic rings. The third kappa shape index (κ3) is 2.21. The molecule has 0 bridgehead atoms. The Kier molecular flexibility index (Phi) is 2.99. The van der Waals surface area contributed by atoms with Crippen LogP contribution >= 0.6 is 0 Å². The first-order valence-electron chi connectivity index (χ1n) is 7.20. The number of nitrogens with zero attached hydrogens (tertiary/aromatic N) is 1. The number of hydrogen-bond acceptors (Lipinski definition) is 3. The van der Waals surface area contributed by atoms with Crippen LogP contribution < -0.4 is 5.59 Å². The van der Waals surface area contributed by atoms with Crippen LogP contribution in [0.3, 0.4) is 0 Å². The molecule has 0 unspecified atom stereocenters. The van der Waals surface area contributed by atoms with E-state index in [-0.39, 0.29) is 18.3 Å². The normalized spacial score (nSPS) is 25.4. The average Bonchev–Trinajstić information content (AvgIpc) is 2.47. The number of hydrogen-bond donors (Lipinski definition) is 0. The molecule has 0 N–H and O–H groups in total. The topological polar surface area (TPSA) is 31.4 Å². The molecule has 0 aromatic carbocycles. The maximum Gasteiger partial charge on any atom is 0.514 e. The van der Waals surface area contributed by atoms with Gasteiger partial charge >= 0.3 is 7.12 Å². The van der Waals surface area contributed by atoms with Crippen LogP contribution in [0.25, 0.3) is 0 Å². The molecule has 19 heavy (non-hydrogen) atoms. The van der Waals surface area contributed by atoms with E-state index in [0.29, 0.717) is 0 Å². The van der Waals surface area contributed by atoms with E-state index in [4.69, 9.17) is 9.31 Å². The van der Waals surface area contributed by atoms with Crippen molar-refractivity contribution in [1.82, 2.24) is 4.98 Å². The molecule has 0 amide bonds. The summed E-state index contributed by atoms with van der Waals surface area (Å²) in [4.78, 5) is 4.54. The standard InChI is InChI=1S/C15H22BNO2/c1-14(2)15(3,4)19-16(18-14)13-9-8-12(10-17-13)11-6-5-7-11/h8-11H,5-7H2,1-4H3. The van der Waals surface area contributed by atoms with Crippen molar-refractivity contribution in [3.63, 3.8) is 0 Å². The zero-order valence-corrected chi connectivity index (χ0v) is 12.3. The molecular weight excluding hydrogens is 237 g/mol. The van der Waals surface area contributed by atoms with Gasteiger partial charge in [0.1, 0.15) is 0 Å². The first kappa shape index (κ1) is 13.1. The maximum absolute atomic E-state index is 6.01. The zero-order valence-electron chi connectivity index (χ0n) is 12.3. The minimum atomic E-state index is -0.347. The highest BCUT2D eigenvalue weighted by Crippen LogP contribution is 2.37. The van der Waals surface area contributed by atoms with E-state index in [1.165, 1.54) is 24.8 Å². The van der Waals surface area contributed by atoms with Crippen molar-refractivity contribution in [3.05, 3.63) is 23.9 Å². The van der Waals surface area contributed by atoms with Gasteiger partial charge in [-0.15, -0.1) is 0 Å². The van der Waals surface area contributed by atoms with Crippen molar-refractivity contribution in [2.24, 2.45) is 0 Å². The van der Waals surface area contributed by atoms with Crippen LogP contribution in [0.2, 0.25) is 0 Å². The van der Waals surface area contributed by atoms with Gasteiger partial charge in [0.15, 0.2) is 0 Å². The Hall–Kier alpha value is -0.865. The van der Waals surface area contributed by atoms with E-state index >= 15 is 0 Å². The molecule has 2 heterocycles. The molecule has 2 fully saturated rings. The summed E-state index contributed by atoms with van der Waals surface area (Å²) in [6.07, 6.45) is 5.95. The third-order valence-electron chi connectivity index (χ3n) is 4.88. The fourth-order valence-electron chi connectivity index (χ4n) is 2.50. The van der Waals surface area contributed by atoms with Crippen LogP contribution in [0.4, 0.5) is 0 Å². The molecule has 1 saturated carbocycles. The highest BCUT2D eigenvalue weighted by Gasteiger charge is 2.52. The van der Waals surface area contributed by atoms with Gasteiger partial charge in [-0.1, -0.05) is 12.5 Å². The van der Waals surface area contributed by atoms with Crippen molar-refractivity contribution in [3.8, 4) is 0 Å². The summed E-state index contributed by atoms with van der Waals surface area (Å²) in [5.74, 6) is 0.722. The predicted molar refractivity (Wildman–Crippen MR) is 76.5 cm³/mol. The van der Waals surface area contributed by atoms with Crippen molar-refractivity contribution >= 4 is 12.7 Å². The first-order valence-corrected chi connectivity index (χ1v) is 7.20. The molecule has 1 aromatic heterocycles. The quantitative estimate of drug-likeness (QED) is 0.765. The summed E-state index contributed by atoms with van der Waals surface area (Å²) >= 11 is 0. The van der Waals surface area contributed by atoms with Gasteiger partial charge < -0.3 is 9.31 Å². The van der Waals surface area contributed by atoms with E-state index in [1.54, 1.807) is 0 Å². The fraction of sp³-hybridized carbons (Fsp3) is 0.667. The summed E-state index contributed by atoms with van der Waals surface area (Å²) in [5.41, 5.74) is 1.63. The van der Waals surface area contributed by atoms with Crippen molar-refractivity contribution in [2.75, 3.05) is 0 Å². The van der Waals surface area contributed by atoms with Crippen LogP contribution in [0.5, 0.6) is 0 Å². The summed E-state index contributed by atoms with van der Waals surface area (Å²) in [7, 11) is -0.347. The zero-order chi connectivity index (χ0) is 13.7. The largest absolute Gasteiger partial charge is 0.514 e. The first-order chi connectivity index (χ1) is 8.89. The highest BCUT2D eigenvalue weighted by molar-refractivity contribution is 6.61. The fourth-order valence-corrected chi connectivity index (χ4v) is 2.50. The molecule has 0 atom stereocenters. The number of rotatable bonds is 2. The van der Waals surface area contributed by atoms with Gasteiger partial charge in [-0.2, -0.15) is 0 Å². The van der Waals surface area contributed by atoms with Crippen molar-refractivity contribution < 1.29 is 9.31 Å². The molecule has 1 saturated heterocycles. The lowest BCUT2D eigenvalue weighted by Gasteiger charge is -2.32. The summed E-state index contributed by atoms with van der Waals surface area (Å²) in [6, 6.07) is 4.23. The average molecular weight is 259 g/mol. The monoisotopic (exact) mass is 259 g/mol. The minimum Gasteiger partial charge on any atom is -0.398 e. The van der Waals surface area contributed by atoms with Gasteiger partial charge in [0, 0.05) is 6.20 Å². The van der Waals surface area contributed by atoms with Crippen LogP contribution in [0, 0.1) is 0 Å². The van der Waals surface area contributed by atoms with Crippen LogP contribution in [0.15, 0.2) is 18.3 Å². The Morgan fingerprint density at radius 2 is 1.74 bits per heavy atom. The Bertz CT molecular complexity index is 450. The molecule has 3 nitrogen and oxygen atoms in total. The van der Waals surface area contributed by atoms with E-state index in [0.717, 1.165) is 11.5 Å². The Morgan fingerprint density at radius 3 is 2.16 bits per heavy atom. The Balaban J connectivity index is 1.76. The summed E-state index contributed by atoms with van der Waals surface area (Å²) in [5, 5.41) is 0. The molecule has 2 aliphatic rings. The van der Waals surface area contributed by atoms with Crippen molar-refractivity contribution in [2.45, 2.75) is 64.1 Å². The Morgan fingerprint density at radius 1 is 1.11 bits per heavy atom. The molecule has 3 rings (SSSR count). The van der Waals surface area contributed by atoms with Gasteiger partial charge in [-0.3, -0.25) is 4.98 Å². The van der Waals surface area contributed by atoms with E-state index in [9.17, 15) is 0 Å².